The second kappa shape index (κ2) is 4.72. The quantitative estimate of drug-likeness (QED) is 0.777. The highest BCUT2D eigenvalue weighted by Crippen LogP contribution is 2.19. The molecule has 3 rings (SSSR count). The lowest BCUT2D eigenvalue weighted by atomic mass is 10.3. The Kier molecular flexibility index (Phi) is 2.91. The number of fused-ring (bicyclic) bond motifs is 1. The molecule has 98 valence electrons. The summed E-state index contributed by atoms with van der Waals surface area (Å²) in [4.78, 5) is 12.1. The summed E-state index contributed by atoms with van der Waals surface area (Å²) in [5, 5.41) is 4.22. The van der Waals surface area contributed by atoms with E-state index in [4.69, 9.17) is 4.74 Å². The molecule has 0 spiro atoms. The molecule has 1 N–H and O–H groups in total. The van der Waals surface area contributed by atoms with Crippen molar-refractivity contribution >= 4 is 11.2 Å². The third-order valence-corrected chi connectivity index (χ3v) is 2.95. The van der Waals surface area contributed by atoms with E-state index in [2.05, 4.69) is 20.1 Å². The van der Waals surface area contributed by atoms with Crippen LogP contribution in [0.15, 0.2) is 30.6 Å². The Labute approximate surface area is 110 Å². The molecule has 3 aromatic heterocycles. The summed E-state index contributed by atoms with van der Waals surface area (Å²) in [6, 6.07) is 5.70. The topological polar surface area (TPSA) is 68.6 Å². The summed E-state index contributed by atoms with van der Waals surface area (Å²) in [5.41, 5.74) is 1.57. The van der Waals surface area contributed by atoms with Gasteiger partial charge in [0, 0.05) is 18.5 Å². The number of aromatic amines is 1. The Hall–Kier alpha value is -2.37. The van der Waals surface area contributed by atoms with Gasteiger partial charge in [-0.05, 0) is 26.0 Å². The third-order valence-electron chi connectivity index (χ3n) is 2.95. The molecular weight excluding hydrogens is 242 g/mol. The molecular formula is C13H15N5O. The maximum absolute atomic E-state index is 5.37. The molecule has 3 aromatic rings. The molecule has 0 aliphatic rings. The van der Waals surface area contributed by atoms with Gasteiger partial charge in [-0.3, -0.25) is 4.68 Å². The number of ether oxygens (including phenoxy) is 1. The average Bonchev–Trinajstić information content (AvgIpc) is 3.07. The maximum Gasteiger partial charge on any atom is 0.215 e. The van der Waals surface area contributed by atoms with E-state index in [-0.39, 0.29) is 6.04 Å². The van der Waals surface area contributed by atoms with E-state index in [1.54, 1.807) is 6.20 Å². The Bertz CT molecular complexity index is 673. The van der Waals surface area contributed by atoms with Gasteiger partial charge >= 0.3 is 0 Å². The minimum absolute atomic E-state index is 0.0414. The van der Waals surface area contributed by atoms with E-state index in [1.807, 2.05) is 42.9 Å². The van der Waals surface area contributed by atoms with Crippen molar-refractivity contribution in [3.8, 4) is 5.88 Å². The fourth-order valence-electron chi connectivity index (χ4n) is 1.95. The van der Waals surface area contributed by atoms with Gasteiger partial charge in [0.15, 0.2) is 5.65 Å². The monoisotopic (exact) mass is 257 g/mol. The summed E-state index contributed by atoms with van der Waals surface area (Å²) in [6.45, 7) is 4.56. The summed E-state index contributed by atoms with van der Waals surface area (Å²) in [6.07, 6.45) is 3.67. The van der Waals surface area contributed by atoms with Crippen LogP contribution in [0.1, 0.15) is 25.7 Å². The van der Waals surface area contributed by atoms with Crippen molar-refractivity contribution in [2.24, 2.45) is 0 Å². The zero-order chi connectivity index (χ0) is 13.2. The highest BCUT2D eigenvalue weighted by atomic mass is 16.5. The van der Waals surface area contributed by atoms with Gasteiger partial charge in [0.2, 0.25) is 5.88 Å². The van der Waals surface area contributed by atoms with Gasteiger partial charge in [-0.15, -0.1) is 0 Å². The number of imidazole rings is 1. The number of hydrogen-bond acceptors (Lipinski definition) is 4. The summed E-state index contributed by atoms with van der Waals surface area (Å²) in [7, 11) is 0. The summed E-state index contributed by atoms with van der Waals surface area (Å²) in [5.74, 6) is 1.43. The maximum atomic E-state index is 5.37. The predicted molar refractivity (Wildman–Crippen MR) is 71.1 cm³/mol. The molecule has 0 saturated heterocycles. The second-order valence-electron chi connectivity index (χ2n) is 4.24. The fraction of sp³-hybridized carbons (Fsp3) is 0.308. The number of aromatic nitrogens is 5. The van der Waals surface area contributed by atoms with Crippen molar-refractivity contribution in [3.05, 3.63) is 36.4 Å². The molecule has 3 heterocycles. The lowest BCUT2D eigenvalue weighted by molar-refractivity contribution is 0.328. The van der Waals surface area contributed by atoms with Gasteiger partial charge in [-0.2, -0.15) is 10.1 Å². The van der Waals surface area contributed by atoms with Crippen LogP contribution in [0.3, 0.4) is 0 Å². The van der Waals surface area contributed by atoms with Crippen molar-refractivity contribution in [2.45, 2.75) is 19.9 Å². The minimum Gasteiger partial charge on any atom is -0.478 e. The van der Waals surface area contributed by atoms with E-state index >= 15 is 0 Å². The van der Waals surface area contributed by atoms with Crippen LogP contribution in [0.4, 0.5) is 0 Å². The van der Waals surface area contributed by atoms with Crippen molar-refractivity contribution in [1.82, 2.24) is 24.7 Å². The number of H-pyrrole nitrogens is 1. The molecule has 0 radical (unpaired) electrons. The smallest absolute Gasteiger partial charge is 0.215 e. The number of nitrogens with zero attached hydrogens (tertiary/aromatic N) is 4. The first kappa shape index (κ1) is 11.7. The van der Waals surface area contributed by atoms with E-state index < -0.39 is 0 Å². The molecule has 19 heavy (non-hydrogen) atoms. The van der Waals surface area contributed by atoms with Gasteiger partial charge in [-0.25, -0.2) is 4.98 Å². The lowest BCUT2D eigenvalue weighted by Gasteiger charge is -2.07. The first-order valence-corrected chi connectivity index (χ1v) is 6.26. The Morgan fingerprint density at radius 2 is 2.26 bits per heavy atom. The lowest BCUT2D eigenvalue weighted by Crippen LogP contribution is -2.08. The van der Waals surface area contributed by atoms with Crippen LogP contribution in [0.2, 0.25) is 0 Å². The van der Waals surface area contributed by atoms with Crippen LogP contribution in [-0.2, 0) is 0 Å². The minimum atomic E-state index is 0.0414. The Morgan fingerprint density at radius 3 is 3.00 bits per heavy atom. The molecule has 1 unspecified atom stereocenters. The SMILES string of the molecule is CCOc1ccc2[nH]c(C(C)n3cccn3)nc2n1. The van der Waals surface area contributed by atoms with E-state index in [1.165, 1.54) is 0 Å². The van der Waals surface area contributed by atoms with Crippen molar-refractivity contribution < 1.29 is 4.74 Å². The number of pyridine rings is 1. The number of rotatable bonds is 4. The molecule has 0 fully saturated rings. The highest BCUT2D eigenvalue weighted by Gasteiger charge is 2.13. The van der Waals surface area contributed by atoms with Gasteiger partial charge < -0.3 is 9.72 Å². The van der Waals surface area contributed by atoms with Crippen LogP contribution >= 0.6 is 0 Å². The van der Waals surface area contributed by atoms with Gasteiger partial charge in [0.1, 0.15) is 11.9 Å². The van der Waals surface area contributed by atoms with Crippen molar-refractivity contribution in [1.29, 1.82) is 0 Å². The Morgan fingerprint density at radius 1 is 1.37 bits per heavy atom. The molecule has 1 atom stereocenters. The Balaban J connectivity index is 1.97. The average molecular weight is 257 g/mol. The number of nitrogens with one attached hydrogen (secondary N) is 1. The molecule has 0 aliphatic heterocycles. The van der Waals surface area contributed by atoms with Crippen LogP contribution in [0.5, 0.6) is 5.88 Å². The van der Waals surface area contributed by atoms with E-state index in [9.17, 15) is 0 Å². The zero-order valence-electron chi connectivity index (χ0n) is 10.9. The van der Waals surface area contributed by atoms with Crippen LogP contribution in [0, 0.1) is 0 Å². The highest BCUT2D eigenvalue weighted by molar-refractivity contribution is 5.71. The summed E-state index contributed by atoms with van der Waals surface area (Å²) < 4.78 is 7.22. The second-order valence-corrected chi connectivity index (χ2v) is 4.24. The molecule has 6 nitrogen and oxygen atoms in total. The fourth-order valence-corrected chi connectivity index (χ4v) is 1.95. The summed E-state index contributed by atoms with van der Waals surface area (Å²) >= 11 is 0. The van der Waals surface area contributed by atoms with Gasteiger partial charge in [-0.1, -0.05) is 0 Å². The molecule has 0 amide bonds. The van der Waals surface area contributed by atoms with E-state index in [0.29, 0.717) is 18.1 Å². The normalized spacial score (nSPS) is 12.7. The van der Waals surface area contributed by atoms with Crippen molar-refractivity contribution in [3.63, 3.8) is 0 Å². The van der Waals surface area contributed by atoms with Crippen LogP contribution < -0.4 is 4.74 Å². The van der Waals surface area contributed by atoms with Crippen molar-refractivity contribution in [2.75, 3.05) is 6.61 Å². The predicted octanol–water partition coefficient (Wildman–Crippen LogP) is 2.16. The van der Waals surface area contributed by atoms with Crippen LogP contribution in [0.25, 0.3) is 11.2 Å². The molecule has 0 saturated carbocycles. The largest absolute Gasteiger partial charge is 0.478 e. The first-order valence-electron chi connectivity index (χ1n) is 6.26. The molecule has 0 aromatic carbocycles. The van der Waals surface area contributed by atoms with Crippen LogP contribution in [-0.4, -0.2) is 31.3 Å². The third kappa shape index (κ3) is 2.16. The number of hydrogen-bond donors (Lipinski definition) is 1. The first-order chi connectivity index (χ1) is 9.28. The van der Waals surface area contributed by atoms with E-state index in [0.717, 1.165) is 11.3 Å². The molecule has 6 heteroatoms. The molecule has 0 aliphatic carbocycles. The molecule has 0 bridgehead atoms. The zero-order valence-corrected chi connectivity index (χ0v) is 10.9. The van der Waals surface area contributed by atoms with Gasteiger partial charge in [0.05, 0.1) is 12.1 Å². The standard InChI is InChI=1S/C13H15N5O/c1-3-19-11-6-5-10-13(16-11)17-12(15-10)9(2)18-8-4-7-14-18/h4-9H,3H2,1-2H3,(H,15,16,17). The van der Waals surface area contributed by atoms with Gasteiger partial charge in [0.25, 0.3) is 0 Å².